The maximum absolute atomic E-state index is 13.3. The number of anilines is 2. The maximum atomic E-state index is 13.3. The van der Waals surface area contributed by atoms with Crippen LogP contribution in [0, 0.1) is 0 Å². The molecule has 2 heterocycles. The van der Waals surface area contributed by atoms with Gasteiger partial charge in [-0.1, -0.05) is 180 Å². The molecule has 10 heteroatoms. The molecular weight excluding hydrogens is 781 g/mol. The molecular formula is C52H80N2O8. The lowest BCUT2D eigenvalue weighted by atomic mass is 10.0. The average Bonchev–Trinajstić information content (AvgIpc) is 4.22. The van der Waals surface area contributed by atoms with Crippen LogP contribution in [0.25, 0.3) is 11.1 Å². The topological polar surface area (TPSA) is 111 Å². The van der Waals surface area contributed by atoms with Gasteiger partial charge in [-0.15, -0.1) is 0 Å². The molecule has 10 nitrogen and oxygen atoms in total. The number of benzene rings is 2. The molecule has 0 bridgehead atoms. The molecule has 2 aromatic rings. The van der Waals surface area contributed by atoms with Crippen LogP contribution >= 0.6 is 0 Å². The van der Waals surface area contributed by atoms with Crippen LogP contribution in [0.2, 0.25) is 0 Å². The van der Waals surface area contributed by atoms with Crippen LogP contribution in [-0.2, 0) is 38.1 Å². The third-order valence-electron chi connectivity index (χ3n) is 12.2. The predicted molar refractivity (Wildman–Crippen MR) is 249 cm³/mol. The molecule has 0 unspecified atom stereocenters. The fraction of sp³-hybridized carbons (Fsp3) is 0.692. The van der Waals surface area contributed by atoms with Crippen LogP contribution in [0.4, 0.5) is 11.4 Å². The van der Waals surface area contributed by atoms with Crippen molar-refractivity contribution >= 4 is 35.3 Å². The standard InChI is InChI=1S/C52H80N2O8/c1-5-9-13-17-21-25-37-59-49(55)45-46(50(56)60-38-26-22-18-14-10-6-2)53(45)43-33-29-41(30-34-43)42-31-35-44(36-32-42)54-47(51(57)61-39-27-23-19-15-11-7-3)48(54)52(58)62-40-28-24-20-16-12-8-4/h29-36,45-48H,5-28,37-40H2,1-4H3/t45-,46-,47-,48+,54?/m1/s1. The van der Waals surface area contributed by atoms with E-state index < -0.39 is 24.2 Å². The molecule has 4 atom stereocenters. The summed E-state index contributed by atoms with van der Waals surface area (Å²) in [6, 6.07) is 12.8. The lowest BCUT2D eigenvalue weighted by Gasteiger charge is -2.10. The molecule has 346 valence electrons. The summed E-state index contributed by atoms with van der Waals surface area (Å²) in [5.41, 5.74) is 3.40. The first-order valence-corrected chi connectivity index (χ1v) is 24.8. The van der Waals surface area contributed by atoms with Gasteiger partial charge in [-0.3, -0.25) is 0 Å². The minimum atomic E-state index is -0.708. The zero-order valence-electron chi connectivity index (χ0n) is 38.9. The Balaban J connectivity index is 1.37. The first kappa shape index (κ1) is 50.6. The molecule has 0 spiro atoms. The van der Waals surface area contributed by atoms with Crippen molar-refractivity contribution < 1.29 is 38.1 Å². The number of carbonyl (C=O) groups excluding carboxylic acids is 4. The second-order valence-electron chi connectivity index (χ2n) is 17.4. The fourth-order valence-corrected chi connectivity index (χ4v) is 8.29. The Bertz CT molecular complexity index is 1390. The lowest BCUT2D eigenvalue weighted by Crippen LogP contribution is -2.21. The summed E-state index contributed by atoms with van der Waals surface area (Å²) < 4.78 is 22.8. The third kappa shape index (κ3) is 16.9. The SMILES string of the molecule is CCCCCCCCOC(=O)[C@@H]1[C@H](C(=O)OCCCCCCCC)N1c1ccc(-c2ccc(N3[C@@H](C(=O)OCCCCCCCC)[C@@H]3C(=O)OCCCCCCCC)cc2)cc1. The number of rotatable bonds is 35. The Morgan fingerprint density at radius 3 is 0.774 bits per heavy atom. The summed E-state index contributed by atoms with van der Waals surface area (Å²) in [6.45, 7) is 10.2. The Labute approximate surface area is 374 Å². The molecule has 0 N–H and O–H groups in total. The predicted octanol–water partition coefficient (Wildman–Crippen LogP) is 12.1. The van der Waals surface area contributed by atoms with Crippen molar-refractivity contribution in [1.29, 1.82) is 0 Å². The quantitative estimate of drug-likeness (QED) is 0.0287. The maximum Gasteiger partial charge on any atom is 0.331 e. The van der Waals surface area contributed by atoms with Crippen LogP contribution in [0.3, 0.4) is 0 Å². The van der Waals surface area contributed by atoms with Gasteiger partial charge in [-0.05, 0) is 61.1 Å². The highest BCUT2D eigenvalue weighted by atomic mass is 16.6. The number of ether oxygens (including phenoxy) is 4. The van der Waals surface area contributed by atoms with Gasteiger partial charge < -0.3 is 28.7 Å². The van der Waals surface area contributed by atoms with Crippen molar-refractivity contribution in [2.45, 2.75) is 206 Å². The van der Waals surface area contributed by atoms with Crippen molar-refractivity contribution in [3.05, 3.63) is 48.5 Å². The van der Waals surface area contributed by atoms with Gasteiger partial charge in [0.1, 0.15) is 0 Å². The largest absolute Gasteiger partial charge is 0.464 e. The molecule has 0 radical (unpaired) electrons. The highest BCUT2D eigenvalue weighted by Crippen LogP contribution is 2.40. The number of unbranched alkanes of at least 4 members (excludes halogenated alkanes) is 20. The van der Waals surface area contributed by atoms with E-state index in [2.05, 4.69) is 27.7 Å². The van der Waals surface area contributed by atoms with Gasteiger partial charge in [0.2, 0.25) is 0 Å². The highest BCUT2D eigenvalue weighted by Gasteiger charge is 2.60. The molecule has 0 saturated carbocycles. The van der Waals surface area contributed by atoms with E-state index in [-0.39, 0.29) is 23.9 Å². The van der Waals surface area contributed by atoms with Crippen molar-refractivity contribution in [3.8, 4) is 11.1 Å². The van der Waals surface area contributed by atoms with E-state index in [4.69, 9.17) is 18.9 Å². The van der Waals surface area contributed by atoms with Crippen LogP contribution in [0.15, 0.2) is 48.5 Å². The summed E-state index contributed by atoms with van der Waals surface area (Å²) in [5, 5.41) is 0. The Hall–Kier alpha value is -4.08. The van der Waals surface area contributed by atoms with E-state index in [1.54, 1.807) is 9.80 Å². The molecule has 0 amide bonds. The molecule has 0 aromatic heterocycles. The third-order valence-corrected chi connectivity index (χ3v) is 12.2. The van der Waals surface area contributed by atoms with E-state index in [0.717, 1.165) is 99.6 Å². The second-order valence-corrected chi connectivity index (χ2v) is 17.4. The first-order valence-electron chi connectivity index (χ1n) is 24.8. The molecule has 2 aromatic carbocycles. The zero-order chi connectivity index (χ0) is 44.4. The number of esters is 4. The Morgan fingerprint density at radius 2 is 0.548 bits per heavy atom. The number of hydrogen-bond donors (Lipinski definition) is 0. The van der Waals surface area contributed by atoms with E-state index >= 15 is 0 Å². The van der Waals surface area contributed by atoms with E-state index in [1.165, 1.54) is 77.0 Å². The van der Waals surface area contributed by atoms with Gasteiger partial charge in [0, 0.05) is 11.4 Å². The van der Waals surface area contributed by atoms with E-state index in [0.29, 0.717) is 26.4 Å². The van der Waals surface area contributed by atoms with Crippen LogP contribution in [0.5, 0.6) is 0 Å². The molecule has 62 heavy (non-hydrogen) atoms. The second kappa shape index (κ2) is 29.3. The molecule has 2 aliphatic heterocycles. The van der Waals surface area contributed by atoms with Gasteiger partial charge >= 0.3 is 23.9 Å². The van der Waals surface area contributed by atoms with Crippen molar-refractivity contribution in [1.82, 2.24) is 0 Å². The molecule has 2 saturated heterocycles. The van der Waals surface area contributed by atoms with Gasteiger partial charge in [0.25, 0.3) is 0 Å². The summed E-state index contributed by atoms with van der Waals surface area (Å²) in [4.78, 5) is 56.9. The van der Waals surface area contributed by atoms with Gasteiger partial charge in [0.15, 0.2) is 24.2 Å². The molecule has 0 aliphatic carbocycles. The van der Waals surface area contributed by atoms with Gasteiger partial charge in [-0.25, -0.2) is 19.2 Å². The van der Waals surface area contributed by atoms with E-state index in [9.17, 15) is 19.2 Å². The number of nitrogens with zero attached hydrogens (tertiary/aromatic N) is 2. The minimum Gasteiger partial charge on any atom is -0.464 e. The van der Waals surface area contributed by atoms with Crippen molar-refractivity contribution in [2.75, 3.05) is 36.2 Å². The molecule has 4 rings (SSSR count). The summed E-state index contributed by atoms with van der Waals surface area (Å²) in [6.07, 6.45) is 26.3. The van der Waals surface area contributed by atoms with Crippen LogP contribution in [-0.4, -0.2) is 74.5 Å². The highest BCUT2D eigenvalue weighted by molar-refractivity contribution is 6.02. The smallest absolute Gasteiger partial charge is 0.331 e. The summed E-state index contributed by atoms with van der Waals surface area (Å²) in [7, 11) is 0. The number of hydrogen-bond acceptors (Lipinski definition) is 10. The molecule has 2 fully saturated rings. The van der Waals surface area contributed by atoms with Crippen molar-refractivity contribution in [3.63, 3.8) is 0 Å². The van der Waals surface area contributed by atoms with Gasteiger partial charge in [0.05, 0.1) is 26.4 Å². The van der Waals surface area contributed by atoms with Crippen LogP contribution < -0.4 is 9.80 Å². The number of carbonyl (C=O) groups is 4. The zero-order valence-corrected chi connectivity index (χ0v) is 38.9. The normalized spacial score (nSPS) is 17.7. The summed E-state index contributed by atoms with van der Waals surface area (Å²) >= 11 is 0. The van der Waals surface area contributed by atoms with Crippen molar-refractivity contribution in [2.24, 2.45) is 0 Å². The van der Waals surface area contributed by atoms with E-state index in [1.807, 2.05) is 48.5 Å². The lowest BCUT2D eigenvalue weighted by molar-refractivity contribution is -0.147. The van der Waals surface area contributed by atoms with Gasteiger partial charge in [-0.2, -0.15) is 0 Å². The first-order chi connectivity index (χ1) is 30.4. The average molecular weight is 861 g/mol. The Morgan fingerprint density at radius 1 is 0.339 bits per heavy atom. The monoisotopic (exact) mass is 861 g/mol. The fourth-order valence-electron chi connectivity index (χ4n) is 8.29. The molecule has 2 aliphatic rings. The minimum absolute atomic E-state index is 0.351. The Kier molecular flexibility index (Phi) is 23.9. The summed E-state index contributed by atoms with van der Waals surface area (Å²) in [5.74, 6) is -1.54. The van der Waals surface area contributed by atoms with Crippen LogP contribution in [0.1, 0.15) is 182 Å².